The molecule has 0 unspecified atom stereocenters. The number of nitrogens with zero attached hydrogens (tertiary/aromatic N) is 2. The fraction of sp³-hybridized carbons (Fsp3) is 0.462. The van der Waals surface area contributed by atoms with Crippen LogP contribution in [0.1, 0.15) is 13.8 Å². The lowest BCUT2D eigenvalue weighted by atomic mass is 10.1. The summed E-state index contributed by atoms with van der Waals surface area (Å²) < 4.78 is 27.3. The predicted octanol–water partition coefficient (Wildman–Crippen LogP) is 1.93. The van der Waals surface area contributed by atoms with E-state index in [4.69, 9.17) is 0 Å². The van der Waals surface area contributed by atoms with E-state index >= 15 is 0 Å². The first-order chi connectivity index (χ1) is 9.37. The molecule has 0 radical (unpaired) electrons. The SMILES string of the molecule is CC(C)[C@@H](CO)N(C)S(=O)(=O)c1nc2ccccc2s1. The molecule has 110 valence electrons. The zero-order valence-electron chi connectivity index (χ0n) is 11.6. The summed E-state index contributed by atoms with van der Waals surface area (Å²) in [5, 5.41) is 9.39. The van der Waals surface area contributed by atoms with Gasteiger partial charge in [-0.2, -0.15) is 4.31 Å². The summed E-state index contributed by atoms with van der Waals surface area (Å²) in [6.45, 7) is 3.55. The van der Waals surface area contributed by atoms with Gasteiger partial charge >= 0.3 is 0 Å². The van der Waals surface area contributed by atoms with E-state index in [1.54, 1.807) is 6.07 Å². The molecule has 1 aromatic carbocycles. The molecule has 0 amide bonds. The van der Waals surface area contributed by atoms with E-state index in [1.165, 1.54) is 11.4 Å². The molecule has 20 heavy (non-hydrogen) atoms. The summed E-state index contributed by atoms with van der Waals surface area (Å²) in [4.78, 5) is 4.19. The number of aliphatic hydroxyl groups is 1. The molecule has 2 aromatic rings. The number of fused-ring (bicyclic) bond motifs is 1. The van der Waals surface area contributed by atoms with Gasteiger partial charge in [-0.25, -0.2) is 13.4 Å². The molecule has 1 heterocycles. The van der Waals surface area contributed by atoms with Crippen LogP contribution in [0.3, 0.4) is 0 Å². The van der Waals surface area contributed by atoms with Crippen LogP contribution in [0.25, 0.3) is 10.2 Å². The Morgan fingerprint density at radius 1 is 1.35 bits per heavy atom. The summed E-state index contributed by atoms with van der Waals surface area (Å²) in [6.07, 6.45) is 0. The number of hydrogen-bond donors (Lipinski definition) is 1. The number of hydrogen-bond acceptors (Lipinski definition) is 5. The minimum Gasteiger partial charge on any atom is -0.395 e. The van der Waals surface area contributed by atoms with E-state index in [0.29, 0.717) is 5.52 Å². The highest BCUT2D eigenvalue weighted by molar-refractivity contribution is 7.91. The Balaban J connectivity index is 2.43. The van der Waals surface area contributed by atoms with Gasteiger partial charge in [-0.1, -0.05) is 26.0 Å². The number of aromatic nitrogens is 1. The summed E-state index contributed by atoms with van der Waals surface area (Å²) in [7, 11) is -2.19. The lowest BCUT2D eigenvalue weighted by Crippen LogP contribution is -2.42. The molecule has 0 saturated carbocycles. The molecular weight excluding hydrogens is 296 g/mol. The van der Waals surface area contributed by atoms with Gasteiger partial charge in [0.1, 0.15) is 0 Å². The zero-order chi connectivity index (χ0) is 14.9. The van der Waals surface area contributed by atoms with Crippen molar-refractivity contribution in [2.75, 3.05) is 13.7 Å². The molecule has 1 aromatic heterocycles. The van der Waals surface area contributed by atoms with Crippen molar-refractivity contribution in [1.82, 2.24) is 9.29 Å². The van der Waals surface area contributed by atoms with Crippen molar-refractivity contribution in [2.45, 2.75) is 24.2 Å². The highest BCUT2D eigenvalue weighted by Gasteiger charge is 2.31. The second-order valence-electron chi connectivity index (χ2n) is 4.96. The van der Waals surface area contributed by atoms with E-state index < -0.39 is 16.1 Å². The van der Waals surface area contributed by atoms with Crippen molar-refractivity contribution < 1.29 is 13.5 Å². The second kappa shape index (κ2) is 5.77. The van der Waals surface area contributed by atoms with Gasteiger partial charge in [-0.05, 0) is 18.1 Å². The van der Waals surface area contributed by atoms with Crippen LogP contribution in [0.15, 0.2) is 28.6 Å². The van der Waals surface area contributed by atoms with Crippen LogP contribution in [0.5, 0.6) is 0 Å². The Morgan fingerprint density at radius 3 is 2.55 bits per heavy atom. The quantitative estimate of drug-likeness (QED) is 0.915. The van der Waals surface area contributed by atoms with Crippen molar-refractivity contribution in [3.05, 3.63) is 24.3 Å². The van der Waals surface area contributed by atoms with Crippen LogP contribution in [-0.2, 0) is 10.0 Å². The third-order valence-corrected chi connectivity index (χ3v) is 6.57. The van der Waals surface area contributed by atoms with Crippen LogP contribution in [-0.4, -0.2) is 42.5 Å². The van der Waals surface area contributed by atoms with Crippen molar-refractivity contribution in [2.24, 2.45) is 5.92 Å². The molecule has 0 bridgehead atoms. The molecule has 1 atom stereocenters. The number of sulfonamides is 1. The number of para-hydroxylation sites is 1. The lowest BCUT2D eigenvalue weighted by molar-refractivity contribution is 0.167. The average Bonchev–Trinajstić information content (AvgIpc) is 2.83. The number of aliphatic hydroxyl groups excluding tert-OH is 1. The zero-order valence-corrected chi connectivity index (χ0v) is 13.3. The van der Waals surface area contributed by atoms with Crippen molar-refractivity contribution in [3.63, 3.8) is 0 Å². The molecule has 0 aliphatic heterocycles. The Labute approximate surface area is 122 Å². The van der Waals surface area contributed by atoms with Gasteiger partial charge in [0.25, 0.3) is 10.0 Å². The van der Waals surface area contributed by atoms with Crippen LogP contribution in [0, 0.1) is 5.92 Å². The summed E-state index contributed by atoms with van der Waals surface area (Å²) in [5.74, 6) is 0.0224. The van der Waals surface area contributed by atoms with E-state index in [2.05, 4.69) is 4.98 Å². The van der Waals surface area contributed by atoms with Crippen LogP contribution >= 0.6 is 11.3 Å². The maximum absolute atomic E-state index is 12.6. The summed E-state index contributed by atoms with van der Waals surface area (Å²) in [6, 6.07) is 6.86. The van der Waals surface area contributed by atoms with Crippen molar-refractivity contribution >= 4 is 31.6 Å². The standard InChI is InChI=1S/C13H18N2O3S2/c1-9(2)11(8-16)15(3)20(17,18)13-14-10-6-4-5-7-12(10)19-13/h4-7,9,11,16H,8H2,1-3H3/t11-/m1/s1. The number of rotatable bonds is 5. The first-order valence-electron chi connectivity index (χ1n) is 6.32. The predicted molar refractivity (Wildman–Crippen MR) is 80.3 cm³/mol. The van der Waals surface area contributed by atoms with E-state index in [9.17, 15) is 13.5 Å². The molecule has 0 saturated heterocycles. The van der Waals surface area contributed by atoms with Crippen LogP contribution in [0.4, 0.5) is 0 Å². The summed E-state index contributed by atoms with van der Waals surface area (Å²) in [5.41, 5.74) is 0.676. The van der Waals surface area contributed by atoms with Crippen LogP contribution < -0.4 is 0 Å². The van der Waals surface area contributed by atoms with Gasteiger partial charge in [0, 0.05) is 7.05 Å². The Morgan fingerprint density at radius 2 is 2.00 bits per heavy atom. The molecule has 0 spiro atoms. The smallest absolute Gasteiger partial charge is 0.270 e. The Bertz CT molecular complexity index is 661. The molecular formula is C13H18N2O3S2. The maximum Gasteiger partial charge on any atom is 0.270 e. The van der Waals surface area contributed by atoms with Gasteiger partial charge in [-0.3, -0.25) is 0 Å². The third-order valence-electron chi connectivity index (χ3n) is 3.30. The van der Waals surface area contributed by atoms with E-state index in [1.807, 2.05) is 32.0 Å². The highest BCUT2D eigenvalue weighted by Crippen LogP contribution is 2.28. The topological polar surface area (TPSA) is 70.5 Å². The van der Waals surface area contributed by atoms with E-state index in [-0.39, 0.29) is 16.9 Å². The number of benzene rings is 1. The number of likely N-dealkylation sites (N-methyl/N-ethyl adjacent to an activating group) is 1. The van der Waals surface area contributed by atoms with Gasteiger partial charge in [0.15, 0.2) is 0 Å². The number of thiazole rings is 1. The normalized spacial score (nSPS) is 14.3. The molecule has 7 heteroatoms. The van der Waals surface area contributed by atoms with Crippen molar-refractivity contribution in [3.8, 4) is 0 Å². The highest BCUT2D eigenvalue weighted by atomic mass is 32.2. The minimum atomic E-state index is -3.68. The Hall–Kier alpha value is -1.02. The van der Waals surface area contributed by atoms with Gasteiger partial charge in [0.05, 0.1) is 22.9 Å². The third kappa shape index (κ3) is 2.71. The van der Waals surface area contributed by atoms with Crippen LogP contribution in [0.2, 0.25) is 0 Å². The lowest BCUT2D eigenvalue weighted by Gasteiger charge is -2.27. The molecule has 0 aliphatic rings. The average molecular weight is 314 g/mol. The van der Waals surface area contributed by atoms with Gasteiger partial charge in [-0.15, -0.1) is 11.3 Å². The Kier molecular flexibility index (Phi) is 4.43. The molecule has 0 aliphatic carbocycles. The molecule has 5 nitrogen and oxygen atoms in total. The van der Waals surface area contributed by atoms with Gasteiger partial charge in [0.2, 0.25) is 4.34 Å². The second-order valence-corrected chi connectivity index (χ2v) is 8.16. The molecule has 1 N–H and O–H groups in total. The molecule has 0 fully saturated rings. The van der Waals surface area contributed by atoms with Gasteiger partial charge < -0.3 is 5.11 Å². The van der Waals surface area contributed by atoms with E-state index in [0.717, 1.165) is 16.0 Å². The first-order valence-corrected chi connectivity index (χ1v) is 8.58. The summed E-state index contributed by atoms with van der Waals surface area (Å²) >= 11 is 1.15. The first kappa shape index (κ1) is 15.4. The minimum absolute atomic E-state index is 0.0224. The monoisotopic (exact) mass is 314 g/mol. The maximum atomic E-state index is 12.6. The van der Waals surface area contributed by atoms with Crippen molar-refractivity contribution in [1.29, 1.82) is 0 Å². The fourth-order valence-electron chi connectivity index (χ4n) is 2.01. The fourth-order valence-corrected chi connectivity index (χ4v) is 4.88. The molecule has 2 rings (SSSR count). The largest absolute Gasteiger partial charge is 0.395 e.